The van der Waals surface area contributed by atoms with Crippen LogP contribution in [0, 0.1) is 13.8 Å². The third-order valence-corrected chi connectivity index (χ3v) is 5.47. The van der Waals surface area contributed by atoms with Gasteiger partial charge in [0, 0.05) is 6.04 Å². The van der Waals surface area contributed by atoms with Crippen molar-refractivity contribution in [1.29, 1.82) is 0 Å². The van der Waals surface area contributed by atoms with E-state index >= 15 is 0 Å². The lowest BCUT2D eigenvalue weighted by atomic mass is 10.1. The van der Waals surface area contributed by atoms with Crippen molar-refractivity contribution in [2.24, 2.45) is 0 Å². The minimum Gasteiger partial charge on any atom is -0.349 e. The van der Waals surface area contributed by atoms with Crippen molar-refractivity contribution in [3.8, 4) is 0 Å². The summed E-state index contributed by atoms with van der Waals surface area (Å²) in [6.07, 6.45) is 1.95. The van der Waals surface area contributed by atoms with Gasteiger partial charge in [-0.05, 0) is 56.0 Å². The molecule has 0 saturated heterocycles. The zero-order chi connectivity index (χ0) is 17.3. The number of amides is 1. The van der Waals surface area contributed by atoms with E-state index in [9.17, 15) is 13.2 Å². The number of sulfonamides is 1. The number of rotatable bonds is 5. The second-order valence-corrected chi connectivity index (χ2v) is 7.82. The van der Waals surface area contributed by atoms with Gasteiger partial charge in [-0.3, -0.25) is 9.52 Å². The quantitative estimate of drug-likeness (QED) is 0.875. The van der Waals surface area contributed by atoms with Crippen LogP contribution in [0.2, 0.25) is 0 Å². The molecule has 0 heterocycles. The van der Waals surface area contributed by atoms with Gasteiger partial charge in [0.25, 0.3) is 15.9 Å². The van der Waals surface area contributed by atoms with Gasteiger partial charge in [-0.25, -0.2) is 8.42 Å². The summed E-state index contributed by atoms with van der Waals surface area (Å²) in [7, 11) is -3.77. The van der Waals surface area contributed by atoms with Gasteiger partial charge in [0.1, 0.15) is 0 Å². The van der Waals surface area contributed by atoms with Crippen molar-refractivity contribution in [2.75, 3.05) is 4.72 Å². The molecular formula is C18H20N2O3S. The topological polar surface area (TPSA) is 75.3 Å². The molecule has 3 rings (SSSR count). The first-order valence-electron chi connectivity index (χ1n) is 7.87. The molecule has 1 aliphatic carbocycles. The van der Waals surface area contributed by atoms with Crippen LogP contribution in [0.3, 0.4) is 0 Å². The number of para-hydroxylation sites is 1. The fraction of sp³-hybridized carbons (Fsp3) is 0.278. The third-order valence-electron chi connectivity index (χ3n) is 3.96. The largest absolute Gasteiger partial charge is 0.349 e. The summed E-state index contributed by atoms with van der Waals surface area (Å²) in [4.78, 5) is 12.5. The second kappa shape index (κ2) is 6.28. The molecule has 6 heteroatoms. The van der Waals surface area contributed by atoms with E-state index in [1.807, 2.05) is 13.0 Å². The zero-order valence-electron chi connectivity index (χ0n) is 13.7. The van der Waals surface area contributed by atoms with Gasteiger partial charge in [-0.15, -0.1) is 0 Å². The fourth-order valence-corrected chi connectivity index (χ4v) is 3.87. The smallest absolute Gasteiger partial charge is 0.262 e. The van der Waals surface area contributed by atoms with Crippen molar-refractivity contribution in [3.63, 3.8) is 0 Å². The molecule has 0 aromatic heterocycles. The van der Waals surface area contributed by atoms with Crippen molar-refractivity contribution in [1.82, 2.24) is 5.32 Å². The average Bonchev–Trinajstić information content (AvgIpc) is 3.33. The molecule has 0 unspecified atom stereocenters. The normalized spacial score (nSPS) is 14.2. The molecular weight excluding hydrogens is 324 g/mol. The molecule has 24 heavy (non-hydrogen) atoms. The highest BCUT2D eigenvalue weighted by atomic mass is 32.2. The average molecular weight is 344 g/mol. The molecule has 0 bridgehead atoms. The van der Waals surface area contributed by atoms with Gasteiger partial charge in [0.2, 0.25) is 0 Å². The first-order valence-corrected chi connectivity index (χ1v) is 9.35. The first-order chi connectivity index (χ1) is 11.4. The molecule has 1 fully saturated rings. The Labute approximate surface area is 142 Å². The minimum atomic E-state index is -3.77. The van der Waals surface area contributed by atoms with Gasteiger partial charge in [-0.2, -0.15) is 0 Å². The summed E-state index contributed by atoms with van der Waals surface area (Å²) in [6, 6.07) is 12.1. The summed E-state index contributed by atoms with van der Waals surface area (Å²) in [5.41, 5.74) is 2.14. The molecule has 2 aromatic rings. The van der Waals surface area contributed by atoms with Crippen molar-refractivity contribution in [2.45, 2.75) is 37.6 Å². The van der Waals surface area contributed by atoms with Crippen LogP contribution in [0.1, 0.15) is 34.3 Å². The molecule has 5 nitrogen and oxygen atoms in total. The molecule has 126 valence electrons. The summed E-state index contributed by atoms with van der Waals surface area (Å²) >= 11 is 0. The lowest BCUT2D eigenvalue weighted by Gasteiger charge is -2.14. The number of hydrogen-bond acceptors (Lipinski definition) is 3. The Hall–Kier alpha value is -2.34. The van der Waals surface area contributed by atoms with E-state index in [0.29, 0.717) is 11.1 Å². The molecule has 0 aliphatic heterocycles. The van der Waals surface area contributed by atoms with E-state index in [4.69, 9.17) is 0 Å². The fourth-order valence-electron chi connectivity index (χ4n) is 2.46. The highest BCUT2D eigenvalue weighted by molar-refractivity contribution is 7.92. The van der Waals surface area contributed by atoms with Crippen LogP contribution in [-0.2, 0) is 10.0 Å². The summed E-state index contributed by atoms with van der Waals surface area (Å²) < 4.78 is 28.0. The monoisotopic (exact) mass is 344 g/mol. The van der Waals surface area contributed by atoms with Crippen LogP contribution in [0.5, 0.6) is 0 Å². The minimum absolute atomic E-state index is 0.209. The maximum absolute atomic E-state index is 12.7. The number of hydrogen-bond donors (Lipinski definition) is 2. The first kappa shape index (κ1) is 16.5. The number of benzene rings is 2. The van der Waals surface area contributed by atoms with Gasteiger partial charge in [-0.1, -0.05) is 24.3 Å². The number of carbonyl (C=O) groups excluding carboxylic acids is 1. The summed E-state index contributed by atoms with van der Waals surface area (Å²) in [5, 5.41) is 2.88. The van der Waals surface area contributed by atoms with E-state index in [-0.39, 0.29) is 22.5 Å². The Morgan fingerprint density at radius 1 is 1.08 bits per heavy atom. The highest BCUT2D eigenvalue weighted by Gasteiger charge is 2.26. The Balaban J connectivity index is 1.92. The van der Waals surface area contributed by atoms with Crippen LogP contribution in [0.15, 0.2) is 47.4 Å². The standard InChI is InChI=1S/C18H20N2O3S/c1-12-7-8-13(2)17(11-12)24(22,23)20-16-6-4-3-5-15(16)18(21)19-14-9-10-14/h3-8,11,14,20H,9-10H2,1-2H3,(H,19,21). The van der Waals surface area contributed by atoms with Crippen LogP contribution in [-0.4, -0.2) is 20.4 Å². The lowest BCUT2D eigenvalue weighted by molar-refractivity contribution is 0.0952. The van der Waals surface area contributed by atoms with Crippen LogP contribution >= 0.6 is 0 Å². The van der Waals surface area contributed by atoms with Gasteiger partial charge >= 0.3 is 0 Å². The van der Waals surface area contributed by atoms with Crippen LogP contribution in [0.4, 0.5) is 5.69 Å². The predicted octanol–water partition coefficient (Wildman–Crippen LogP) is 3.00. The molecule has 0 radical (unpaired) electrons. The second-order valence-electron chi connectivity index (χ2n) is 6.17. The maximum Gasteiger partial charge on any atom is 0.262 e. The molecule has 2 aromatic carbocycles. The van der Waals surface area contributed by atoms with Crippen LogP contribution < -0.4 is 10.0 Å². The Morgan fingerprint density at radius 2 is 1.79 bits per heavy atom. The SMILES string of the molecule is Cc1ccc(C)c(S(=O)(=O)Nc2ccccc2C(=O)NC2CC2)c1. The van der Waals surface area contributed by atoms with Crippen molar-refractivity contribution >= 4 is 21.6 Å². The number of aryl methyl sites for hydroxylation is 2. The van der Waals surface area contributed by atoms with Gasteiger partial charge in [0.05, 0.1) is 16.1 Å². The molecule has 0 spiro atoms. The van der Waals surface area contributed by atoms with Gasteiger partial charge in [0.15, 0.2) is 0 Å². The van der Waals surface area contributed by atoms with E-state index in [2.05, 4.69) is 10.0 Å². The Bertz CT molecular complexity index is 887. The zero-order valence-corrected chi connectivity index (χ0v) is 14.5. The van der Waals surface area contributed by atoms with Gasteiger partial charge < -0.3 is 5.32 Å². The maximum atomic E-state index is 12.7. The number of carbonyl (C=O) groups is 1. The van der Waals surface area contributed by atoms with Crippen molar-refractivity contribution < 1.29 is 13.2 Å². The number of nitrogens with one attached hydrogen (secondary N) is 2. The van der Waals surface area contributed by atoms with E-state index in [1.54, 1.807) is 43.3 Å². The van der Waals surface area contributed by atoms with E-state index in [0.717, 1.165) is 18.4 Å². The van der Waals surface area contributed by atoms with Crippen LogP contribution in [0.25, 0.3) is 0 Å². The Morgan fingerprint density at radius 3 is 2.50 bits per heavy atom. The molecule has 1 amide bonds. The third kappa shape index (κ3) is 3.59. The molecule has 1 aliphatic rings. The highest BCUT2D eigenvalue weighted by Crippen LogP contribution is 2.24. The lowest BCUT2D eigenvalue weighted by Crippen LogP contribution is -2.27. The molecule has 1 saturated carbocycles. The Kier molecular flexibility index (Phi) is 4.32. The van der Waals surface area contributed by atoms with Crippen molar-refractivity contribution in [3.05, 3.63) is 59.2 Å². The molecule has 2 N–H and O–H groups in total. The van der Waals surface area contributed by atoms with E-state index < -0.39 is 10.0 Å². The number of anilines is 1. The van der Waals surface area contributed by atoms with E-state index in [1.165, 1.54) is 0 Å². The predicted molar refractivity (Wildman–Crippen MR) is 93.7 cm³/mol. The summed E-state index contributed by atoms with van der Waals surface area (Å²) in [6.45, 7) is 3.59. The summed E-state index contributed by atoms with van der Waals surface area (Å²) in [5.74, 6) is -0.253. The molecule has 0 atom stereocenters.